The molecule has 0 aliphatic carbocycles. The molecule has 0 bridgehead atoms. The summed E-state index contributed by atoms with van der Waals surface area (Å²) in [6, 6.07) is 12.0. The third-order valence-electron chi connectivity index (χ3n) is 6.75. The number of ether oxygens (including phenoxy) is 6. The van der Waals surface area contributed by atoms with Gasteiger partial charge in [-0.2, -0.15) is 0 Å². The fourth-order valence-corrected chi connectivity index (χ4v) is 4.67. The summed E-state index contributed by atoms with van der Waals surface area (Å²) < 4.78 is 42.8. The average Bonchev–Trinajstić information content (AvgIpc) is 3.14. The van der Waals surface area contributed by atoms with Gasteiger partial charge < -0.3 is 55.2 Å². The molecule has 3 amide bonds. The molecule has 341 valence electrons. The van der Waals surface area contributed by atoms with E-state index >= 15 is 0 Å². The topological polar surface area (TPSA) is 206 Å². The molecule has 0 aliphatic heterocycles. The second-order valence-corrected chi connectivity index (χ2v) is 14.9. The van der Waals surface area contributed by atoms with Crippen LogP contribution in [0.25, 0.3) is 0 Å². The van der Waals surface area contributed by atoms with Crippen molar-refractivity contribution < 1.29 is 83.8 Å². The summed E-state index contributed by atoms with van der Waals surface area (Å²) in [7, 11) is 0.500. The summed E-state index contributed by atoms with van der Waals surface area (Å²) in [5, 5.41) is 18.1. The summed E-state index contributed by atoms with van der Waals surface area (Å²) in [6.45, 7) is 20.8. The Morgan fingerprint density at radius 2 is 1.03 bits per heavy atom. The number of carboxylic acids is 1. The van der Waals surface area contributed by atoms with Gasteiger partial charge in [0.1, 0.15) is 23.3 Å². The van der Waals surface area contributed by atoms with Gasteiger partial charge in [-0.05, 0) is 107 Å². The van der Waals surface area contributed by atoms with E-state index in [0.29, 0.717) is 51.4 Å². The average molecular weight is 1120 g/mol. The molecule has 0 heterocycles. The molecule has 0 saturated carbocycles. The van der Waals surface area contributed by atoms with Crippen molar-refractivity contribution >= 4 is 55.6 Å². The number of hydrogen-bond donors (Lipinski definition) is 5. The minimum atomic E-state index is -1.12. The van der Waals surface area contributed by atoms with E-state index in [0.717, 1.165) is 11.1 Å². The first-order valence-corrected chi connectivity index (χ1v) is 19.6. The Labute approximate surface area is 396 Å². The van der Waals surface area contributed by atoms with Crippen LogP contribution >= 0.6 is 23.2 Å². The van der Waals surface area contributed by atoms with Crippen LogP contribution < -0.4 is 21.7 Å². The van der Waals surface area contributed by atoms with Crippen molar-refractivity contribution in [2.24, 2.45) is 5.73 Å². The molecule has 0 saturated heterocycles. The minimum absolute atomic E-state index is 0. The standard InChI is InChI=1S/C20H31ClN2O5.C14H18ClNO4.C6H15NO2.CH4.BH2.U/c1-6-26-17(27-7-2)13-22-18(24)16(23-19(25)28-20(3,4)5)12-14-8-10-15(21)11-9-14;1-14(2,3)20-13(19)16-11(12(17)18)8-9-4-6-10(15)7-5-9;1-3-8-6(5-7)9-4-2;;;/h8-11,16-17H,6-7,12-13H2,1-5H3,(H,22,24)(H,23,25);4-7,11H,8H2,1-3H3,(H,16,19)(H,17,18);6H,3-5,7H2,1-2H3;1H4;1H2;/i;;;;1T2;. The number of aliphatic carboxylic acids is 1. The number of carbonyl (C=O) groups excluding carboxylic acids is 3. The molecule has 2 aromatic rings. The predicted molar refractivity (Wildman–Crippen MR) is 236 cm³/mol. The number of hydrogen-bond acceptors (Lipinski definition) is 11. The van der Waals surface area contributed by atoms with Crippen molar-refractivity contribution in [3.63, 3.8) is 0 Å². The summed E-state index contributed by atoms with van der Waals surface area (Å²) in [5.41, 5.74) is 5.57. The number of alkyl carbamates (subject to hydrolysis) is 2. The molecular weight excluding hydrogens is 1040 g/mol. The van der Waals surface area contributed by atoms with Crippen molar-refractivity contribution in [1.29, 1.82) is 2.67 Å². The Hall–Kier alpha value is -2.58. The van der Waals surface area contributed by atoms with Crippen molar-refractivity contribution in [2.75, 3.05) is 39.5 Å². The molecule has 15 nitrogen and oxygen atoms in total. The molecule has 1 radical (unpaired) electrons. The summed E-state index contributed by atoms with van der Waals surface area (Å²) in [5.74, 6) is -1.48. The fourth-order valence-electron chi connectivity index (χ4n) is 4.42. The van der Waals surface area contributed by atoms with Gasteiger partial charge in [0.05, 0.1) is 14.9 Å². The van der Waals surface area contributed by atoms with Crippen molar-refractivity contribution in [3.8, 4) is 0 Å². The molecule has 0 aromatic heterocycles. The molecule has 2 atom stereocenters. The van der Waals surface area contributed by atoms with Crippen LogP contribution in [0.15, 0.2) is 48.5 Å². The number of halogens is 2. The minimum Gasteiger partial charge on any atom is -0.480 e. The summed E-state index contributed by atoms with van der Waals surface area (Å²) in [4.78, 5) is 47.7. The molecule has 6 N–H and O–H groups in total. The number of benzene rings is 2. The van der Waals surface area contributed by atoms with Crippen LogP contribution in [0.4, 0.5) is 9.59 Å². The molecule has 2 rings (SSSR count). The van der Waals surface area contributed by atoms with E-state index in [9.17, 15) is 19.2 Å². The maximum atomic E-state index is 12.7. The van der Waals surface area contributed by atoms with Gasteiger partial charge in [-0.1, -0.05) is 54.9 Å². The third kappa shape index (κ3) is 33.1. The smallest absolute Gasteiger partial charge is 0.408 e. The Kier molecular flexibility index (Phi) is 34.7. The molecular formula is C41H70BCl2N4O11U. The van der Waals surface area contributed by atoms with Gasteiger partial charge in [0.15, 0.2) is 12.6 Å². The molecule has 0 fully saturated rings. The molecule has 2 aromatic carbocycles. The van der Waals surface area contributed by atoms with E-state index in [1.165, 1.54) is 0 Å². The summed E-state index contributed by atoms with van der Waals surface area (Å²) >= 11 is 11.7. The van der Waals surface area contributed by atoms with Gasteiger partial charge in [0, 0.05) is 87.0 Å². The third-order valence-corrected chi connectivity index (χ3v) is 7.25. The van der Waals surface area contributed by atoms with Gasteiger partial charge in [-0.25, -0.2) is 14.4 Å². The normalized spacial score (nSPS) is 11.9. The zero-order valence-corrected chi connectivity index (χ0v) is 41.7. The van der Waals surface area contributed by atoms with Gasteiger partial charge in [-0.3, -0.25) is 4.79 Å². The number of carboxylic acid groups (broad SMARTS) is 1. The Morgan fingerprint density at radius 3 is 1.35 bits per heavy atom. The largest absolute Gasteiger partial charge is 0.480 e. The monoisotopic (exact) mass is 1120 g/mol. The fraction of sp³-hybridized carbons (Fsp3) is 0.610. The van der Waals surface area contributed by atoms with E-state index in [-0.39, 0.29) is 70.1 Å². The van der Waals surface area contributed by atoms with Gasteiger partial charge in [0.25, 0.3) is 0 Å². The van der Waals surface area contributed by atoms with E-state index < -0.39 is 47.7 Å². The number of nitrogens with two attached hydrogens (primary N) is 1. The van der Waals surface area contributed by atoms with Gasteiger partial charge >= 0.3 is 18.2 Å². The predicted octanol–water partition coefficient (Wildman–Crippen LogP) is 6.22. The number of rotatable bonds is 19. The molecule has 19 heteroatoms. The zero-order chi connectivity index (χ0) is 46.3. The van der Waals surface area contributed by atoms with Crippen molar-refractivity contribution in [1.82, 2.24) is 16.0 Å². The molecule has 0 aliphatic rings. The molecule has 2 unspecified atom stereocenters. The second kappa shape index (κ2) is 34.9. The number of carbonyl (C=O) groups is 4. The van der Waals surface area contributed by atoms with Crippen LogP contribution in [-0.2, 0) is 50.9 Å². The van der Waals surface area contributed by atoms with Crippen LogP contribution in [0.2, 0.25) is 10.0 Å². The first kappa shape index (κ1) is 59.5. The van der Waals surface area contributed by atoms with Crippen LogP contribution in [-0.4, -0.2) is 116 Å². The Bertz CT molecular complexity index is 1470. The van der Waals surface area contributed by atoms with Gasteiger partial charge in [0.2, 0.25) is 5.91 Å². The van der Waals surface area contributed by atoms with Crippen LogP contribution in [0, 0.1) is 31.1 Å². The maximum absolute atomic E-state index is 12.7. The Morgan fingerprint density at radius 1 is 0.700 bits per heavy atom. The molecule has 0 spiro atoms. The van der Waals surface area contributed by atoms with Crippen molar-refractivity contribution in [3.05, 3.63) is 69.7 Å². The maximum Gasteiger partial charge on any atom is 0.408 e. The van der Waals surface area contributed by atoms with E-state index in [2.05, 4.69) is 16.0 Å². The van der Waals surface area contributed by atoms with Crippen LogP contribution in [0.1, 0.15) is 87.8 Å². The first-order chi connectivity index (χ1) is 28.1. The van der Waals surface area contributed by atoms with Crippen LogP contribution in [0.3, 0.4) is 0 Å². The van der Waals surface area contributed by atoms with E-state index in [1.54, 1.807) is 77.9 Å². The first-order valence-electron chi connectivity index (χ1n) is 20.0. The number of amides is 3. The van der Waals surface area contributed by atoms with Crippen molar-refractivity contribution in [2.45, 2.75) is 125 Å². The second-order valence-electron chi connectivity index (χ2n) is 14.1. The van der Waals surface area contributed by atoms with Gasteiger partial charge in [-0.15, -0.1) is 0 Å². The van der Waals surface area contributed by atoms with E-state index in [4.69, 9.17) is 65.1 Å². The Balaban J connectivity index is -0.000000431. The van der Waals surface area contributed by atoms with Crippen LogP contribution in [0.5, 0.6) is 0 Å². The summed E-state index contributed by atoms with van der Waals surface area (Å²) in [6.07, 6.45) is -1.72. The number of nitrogens with one attached hydrogen (secondary N) is 3. The molecule has 60 heavy (non-hydrogen) atoms. The quantitative estimate of drug-likeness (QED) is 0.0787. The SMILES string of the molecule is C.CC(C)(C)OC(=O)NC(Cc1ccc(Cl)cc1)C(=O)O.CCOC(CN)OCC.CCOC(CNC(=O)C(Cc1ccc(Cl)cc1)NC(=O)OC(C)(C)C)OCC.[3H][B][3H].[U]. The van der Waals surface area contributed by atoms with E-state index in [1.807, 2.05) is 39.8 Å². The zero-order valence-electron chi connectivity index (χ0n) is 38.0.